The molecule has 3 rings (SSSR count). The van der Waals surface area contributed by atoms with E-state index in [1.54, 1.807) is 0 Å². The average molecular weight is 258 g/mol. The molecule has 1 atom stereocenters. The zero-order valence-corrected chi connectivity index (χ0v) is 11.3. The first-order valence-corrected chi connectivity index (χ1v) is 6.58. The van der Waals surface area contributed by atoms with Crippen LogP contribution in [0, 0.1) is 0 Å². The van der Waals surface area contributed by atoms with Crippen molar-refractivity contribution < 1.29 is 4.42 Å². The van der Waals surface area contributed by atoms with Gasteiger partial charge in [0.2, 0.25) is 11.8 Å². The van der Waals surface area contributed by atoms with Crippen LogP contribution >= 0.6 is 0 Å². The lowest BCUT2D eigenvalue weighted by Gasteiger charge is -2.11. The van der Waals surface area contributed by atoms with Gasteiger partial charge < -0.3 is 14.6 Å². The van der Waals surface area contributed by atoms with E-state index in [-0.39, 0.29) is 6.04 Å². The summed E-state index contributed by atoms with van der Waals surface area (Å²) in [6.45, 7) is 1.03. The van der Waals surface area contributed by atoms with E-state index in [4.69, 9.17) is 4.42 Å². The van der Waals surface area contributed by atoms with Crippen molar-refractivity contribution >= 4 is 5.69 Å². The summed E-state index contributed by atoms with van der Waals surface area (Å²) < 4.78 is 5.76. The van der Waals surface area contributed by atoms with Gasteiger partial charge in [-0.05, 0) is 43.7 Å². The van der Waals surface area contributed by atoms with E-state index in [9.17, 15) is 0 Å². The van der Waals surface area contributed by atoms with Gasteiger partial charge in [0.1, 0.15) is 0 Å². The van der Waals surface area contributed by atoms with Crippen LogP contribution in [-0.2, 0) is 0 Å². The Balaban J connectivity index is 1.81. The van der Waals surface area contributed by atoms with Crippen molar-refractivity contribution in [3.63, 3.8) is 0 Å². The normalized spacial score (nSPS) is 18.7. The highest BCUT2D eigenvalue weighted by atomic mass is 16.4. The molecular formula is C14H18N4O. The van der Waals surface area contributed by atoms with E-state index in [2.05, 4.69) is 20.4 Å². The van der Waals surface area contributed by atoms with Crippen LogP contribution in [-0.4, -0.2) is 30.8 Å². The van der Waals surface area contributed by atoms with Gasteiger partial charge in [-0.15, -0.1) is 10.2 Å². The lowest BCUT2D eigenvalue weighted by molar-refractivity contribution is 0.437. The van der Waals surface area contributed by atoms with Gasteiger partial charge in [-0.1, -0.05) is 0 Å². The lowest BCUT2D eigenvalue weighted by Crippen LogP contribution is -2.12. The fraction of sp³-hybridized carbons (Fsp3) is 0.429. The van der Waals surface area contributed by atoms with E-state index < -0.39 is 0 Å². The summed E-state index contributed by atoms with van der Waals surface area (Å²) in [6, 6.07) is 8.34. The van der Waals surface area contributed by atoms with Crippen molar-refractivity contribution in [2.45, 2.75) is 18.9 Å². The van der Waals surface area contributed by atoms with Crippen LogP contribution < -0.4 is 10.2 Å². The summed E-state index contributed by atoms with van der Waals surface area (Å²) in [4.78, 5) is 2.06. The molecule has 1 saturated heterocycles. The van der Waals surface area contributed by atoms with Crippen molar-refractivity contribution in [2.75, 3.05) is 25.5 Å². The summed E-state index contributed by atoms with van der Waals surface area (Å²) in [5.74, 6) is 1.29. The summed E-state index contributed by atoms with van der Waals surface area (Å²) in [7, 11) is 4.04. The van der Waals surface area contributed by atoms with Crippen LogP contribution in [0.3, 0.4) is 0 Å². The van der Waals surface area contributed by atoms with Gasteiger partial charge in [0.15, 0.2) is 0 Å². The van der Waals surface area contributed by atoms with Crippen LogP contribution in [0.1, 0.15) is 24.8 Å². The fourth-order valence-corrected chi connectivity index (χ4v) is 2.29. The summed E-state index contributed by atoms with van der Waals surface area (Å²) in [6.07, 6.45) is 2.24. The maximum atomic E-state index is 5.76. The maximum absolute atomic E-state index is 5.76. The highest BCUT2D eigenvalue weighted by Gasteiger charge is 2.22. The monoisotopic (exact) mass is 258 g/mol. The Bertz CT molecular complexity index is 541. The quantitative estimate of drug-likeness (QED) is 0.915. The molecule has 19 heavy (non-hydrogen) atoms. The number of hydrogen-bond donors (Lipinski definition) is 1. The molecule has 0 amide bonds. The largest absolute Gasteiger partial charge is 0.419 e. The van der Waals surface area contributed by atoms with Gasteiger partial charge in [-0.3, -0.25) is 0 Å². The molecule has 1 aliphatic heterocycles. The Morgan fingerprint density at radius 2 is 2.00 bits per heavy atom. The number of aromatic nitrogens is 2. The van der Waals surface area contributed by atoms with E-state index in [0.717, 1.165) is 24.2 Å². The first-order valence-electron chi connectivity index (χ1n) is 6.58. The predicted molar refractivity (Wildman–Crippen MR) is 74.0 cm³/mol. The van der Waals surface area contributed by atoms with Crippen LogP contribution in [0.4, 0.5) is 5.69 Å². The minimum Gasteiger partial charge on any atom is -0.419 e. The molecule has 5 heteroatoms. The van der Waals surface area contributed by atoms with Crippen molar-refractivity contribution in [1.82, 2.24) is 15.5 Å². The third kappa shape index (κ3) is 2.46. The van der Waals surface area contributed by atoms with Gasteiger partial charge >= 0.3 is 0 Å². The van der Waals surface area contributed by atoms with Crippen LogP contribution in [0.2, 0.25) is 0 Å². The second kappa shape index (κ2) is 5.01. The van der Waals surface area contributed by atoms with Crippen molar-refractivity contribution in [3.05, 3.63) is 30.2 Å². The lowest BCUT2D eigenvalue weighted by atomic mass is 10.2. The summed E-state index contributed by atoms with van der Waals surface area (Å²) >= 11 is 0. The van der Waals surface area contributed by atoms with Gasteiger partial charge in [-0.25, -0.2) is 0 Å². The highest BCUT2D eigenvalue weighted by molar-refractivity contribution is 5.58. The Morgan fingerprint density at radius 1 is 1.21 bits per heavy atom. The van der Waals surface area contributed by atoms with Gasteiger partial charge in [0.25, 0.3) is 0 Å². The molecule has 0 radical (unpaired) electrons. The molecule has 5 nitrogen and oxygen atoms in total. The third-order valence-electron chi connectivity index (χ3n) is 3.43. The van der Waals surface area contributed by atoms with Crippen molar-refractivity contribution in [2.24, 2.45) is 0 Å². The number of nitrogens with zero attached hydrogens (tertiary/aromatic N) is 3. The predicted octanol–water partition coefficient (Wildman–Crippen LogP) is 2.23. The molecule has 100 valence electrons. The smallest absolute Gasteiger partial charge is 0.247 e. The molecule has 2 heterocycles. The van der Waals surface area contributed by atoms with E-state index in [1.165, 1.54) is 6.42 Å². The number of nitrogens with one attached hydrogen (secondary N) is 1. The Kier molecular flexibility index (Phi) is 3.21. The molecule has 1 aromatic carbocycles. The first kappa shape index (κ1) is 12.2. The van der Waals surface area contributed by atoms with E-state index in [0.29, 0.717) is 11.8 Å². The SMILES string of the molecule is CN(C)c1ccc(-c2nnc(C3CCCN3)o2)cc1. The third-order valence-corrected chi connectivity index (χ3v) is 3.43. The maximum Gasteiger partial charge on any atom is 0.247 e. The molecule has 1 fully saturated rings. The molecule has 1 aliphatic rings. The van der Waals surface area contributed by atoms with Crippen molar-refractivity contribution in [3.8, 4) is 11.5 Å². The topological polar surface area (TPSA) is 54.2 Å². The van der Waals surface area contributed by atoms with Crippen molar-refractivity contribution in [1.29, 1.82) is 0 Å². The summed E-state index contributed by atoms with van der Waals surface area (Å²) in [5.41, 5.74) is 2.11. The second-order valence-electron chi connectivity index (χ2n) is 5.04. The standard InChI is InChI=1S/C14H18N4O/c1-18(2)11-7-5-10(6-8-11)13-16-17-14(19-13)12-4-3-9-15-12/h5-8,12,15H,3-4,9H2,1-2H3. The van der Waals surface area contributed by atoms with E-state index in [1.807, 2.05) is 38.4 Å². The minimum absolute atomic E-state index is 0.224. The van der Waals surface area contributed by atoms with Crippen LogP contribution in [0.5, 0.6) is 0 Å². The number of rotatable bonds is 3. The van der Waals surface area contributed by atoms with Crippen LogP contribution in [0.15, 0.2) is 28.7 Å². The number of hydrogen-bond acceptors (Lipinski definition) is 5. The molecule has 1 N–H and O–H groups in total. The summed E-state index contributed by atoms with van der Waals surface area (Å²) in [5, 5.41) is 11.6. The molecule has 1 aromatic heterocycles. The Labute approximate surface area is 112 Å². The van der Waals surface area contributed by atoms with Gasteiger partial charge in [0, 0.05) is 25.3 Å². The fourth-order valence-electron chi connectivity index (χ4n) is 2.29. The van der Waals surface area contributed by atoms with E-state index >= 15 is 0 Å². The number of anilines is 1. The van der Waals surface area contributed by atoms with Gasteiger partial charge in [-0.2, -0.15) is 0 Å². The molecule has 0 aliphatic carbocycles. The Morgan fingerprint density at radius 3 is 2.63 bits per heavy atom. The zero-order chi connectivity index (χ0) is 13.2. The first-order chi connectivity index (χ1) is 9.24. The average Bonchev–Trinajstić information content (AvgIpc) is 3.10. The molecule has 1 unspecified atom stereocenters. The second-order valence-corrected chi connectivity index (χ2v) is 5.04. The zero-order valence-electron chi connectivity index (χ0n) is 11.3. The van der Waals surface area contributed by atoms with Crippen LogP contribution in [0.25, 0.3) is 11.5 Å². The minimum atomic E-state index is 0.224. The highest BCUT2D eigenvalue weighted by Crippen LogP contribution is 2.26. The molecule has 2 aromatic rings. The molecule has 0 spiro atoms. The molecule has 0 bridgehead atoms. The van der Waals surface area contributed by atoms with Gasteiger partial charge in [0.05, 0.1) is 6.04 Å². The molecule has 0 saturated carbocycles. The number of benzene rings is 1. The Hall–Kier alpha value is -1.88. The molecular weight excluding hydrogens is 240 g/mol.